The summed E-state index contributed by atoms with van der Waals surface area (Å²) in [5.74, 6) is -0.199. The summed E-state index contributed by atoms with van der Waals surface area (Å²) in [5, 5.41) is 13.8. The number of pyridine rings is 1. The quantitative estimate of drug-likeness (QED) is 0.659. The van der Waals surface area contributed by atoms with Crippen molar-refractivity contribution in [2.75, 3.05) is 11.9 Å². The van der Waals surface area contributed by atoms with Crippen LogP contribution in [0, 0.1) is 11.2 Å². The van der Waals surface area contributed by atoms with Gasteiger partial charge in [-0.05, 0) is 11.5 Å². The van der Waals surface area contributed by atoms with E-state index in [4.69, 9.17) is 11.6 Å². The summed E-state index contributed by atoms with van der Waals surface area (Å²) in [6.07, 6.45) is 4.36. The zero-order valence-corrected chi connectivity index (χ0v) is 14.9. The van der Waals surface area contributed by atoms with Crippen molar-refractivity contribution in [3.63, 3.8) is 0 Å². The molecule has 3 aromatic rings. The van der Waals surface area contributed by atoms with Gasteiger partial charge in [-0.25, -0.2) is 19.3 Å². The van der Waals surface area contributed by atoms with Crippen LogP contribution < -0.4 is 5.32 Å². The standard InChI is InChI=1S/C17H19ClFN5O/c1-17(2,3)13(8-25)23-16-12(19)7-22-15(24-16)11-6-21-14-10(11)4-9(18)5-20-14/h4-7,13,25H,8H2,1-3H3,(H,20,21)(H,22,23,24). The van der Waals surface area contributed by atoms with E-state index >= 15 is 0 Å². The fourth-order valence-corrected chi connectivity index (χ4v) is 2.62. The minimum Gasteiger partial charge on any atom is -0.394 e. The van der Waals surface area contributed by atoms with Crippen LogP contribution in [-0.4, -0.2) is 37.7 Å². The molecule has 3 rings (SSSR count). The number of aromatic amines is 1. The van der Waals surface area contributed by atoms with Crippen LogP contribution in [-0.2, 0) is 0 Å². The van der Waals surface area contributed by atoms with Crippen molar-refractivity contribution in [1.29, 1.82) is 0 Å². The van der Waals surface area contributed by atoms with Gasteiger partial charge in [-0.2, -0.15) is 0 Å². The number of nitrogens with zero attached hydrogens (tertiary/aromatic N) is 3. The first-order valence-corrected chi connectivity index (χ1v) is 8.20. The monoisotopic (exact) mass is 363 g/mol. The molecule has 0 saturated heterocycles. The van der Waals surface area contributed by atoms with Crippen LogP contribution in [0.5, 0.6) is 0 Å². The van der Waals surface area contributed by atoms with Gasteiger partial charge in [0, 0.05) is 23.3 Å². The number of aliphatic hydroxyl groups is 1. The Kier molecular flexibility index (Phi) is 4.62. The molecule has 0 amide bonds. The molecule has 3 heterocycles. The molecule has 0 bridgehead atoms. The lowest BCUT2D eigenvalue weighted by Gasteiger charge is -2.30. The second-order valence-corrected chi connectivity index (χ2v) is 7.32. The molecule has 0 fully saturated rings. The van der Waals surface area contributed by atoms with E-state index in [2.05, 4.69) is 25.3 Å². The van der Waals surface area contributed by atoms with E-state index in [1.165, 1.54) is 6.20 Å². The zero-order valence-electron chi connectivity index (χ0n) is 14.1. The molecule has 3 aromatic heterocycles. The number of halogens is 2. The minimum absolute atomic E-state index is 0.0447. The number of rotatable bonds is 4. The first kappa shape index (κ1) is 17.6. The van der Waals surface area contributed by atoms with E-state index in [1.807, 2.05) is 20.8 Å². The molecule has 8 heteroatoms. The van der Waals surface area contributed by atoms with Crippen LogP contribution in [0.25, 0.3) is 22.4 Å². The molecule has 3 N–H and O–H groups in total. The summed E-state index contributed by atoms with van der Waals surface area (Å²) in [7, 11) is 0. The second kappa shape index (κ2) is 6.57. The highest BCUT2D eigenvalue weighted by Gasteiger charge is 2.25. The van der Waals surface area contributed by atoms with E-state index in [0.29, 0.717) is 22.1 Å². The van der Waals surface area contributed by atoms with E-state index in [9.17, 15) is 9.50 Å². The molecule has 0 spiro atoms. The number of aliphatic hydroxyl groups excluding tert-OH is 1. The van der Waals surface area contributed by atoms with Gasteiger partial charge in [-0.3, -0.25) is 0 Å². The van der Waals surface area contributed by atoms with Gasteiger partial charge in [-0.15, -0.1) is 0 Å². The summed E-state index contributed by atoms with van der Waals surface area (Å²) in [5.41, 5.74) is 1.04. The van der Waals surface area contributed by atoms with Gasteiger partial charge in [0.2, 0.25) is 0 Å². The third-order valence-corrected chi connectivity index (χ3v) is 4.23. The molecule has 0 aliphatic heterocycles. The molecule has 0 aromatic carbocycles. The van der Waals surface area contributed by atoms with Crippen LogP contribution >= 0.6 is 11.6 Å². The van der Waals surface area contributed by atoms with E-state index < -0.39 is 5.82 Å². The number of hydrogen-bond acceptors (Lipinski definition) is 5. The Morgan fingerprint density at radius 3 is 2.76 bits per heavy atom. The second-order valence-electron chi connectivity index (χ2n) is 6.89. The van der Waals surface area contributed by atoms with E-state index in [0.717, 1.165) is 11.6 Å². The third-order valence-electron chi connectivity index (χ3n) is 4.02. The maximum absolute atomic E-state index is 14.2. The van der Waals surface area contributed by atoms with Crippen LogP contribution in [0.15, 0.2) is 24.7 Å². The largest absolute Gasteiger partial charge is 0.394 e. The highest BCUT2D eigenvalue weighted by molar-refractivity contribution is 6.31. The predicted molar refractivity (Wildman–Crippen MR) is 96.0 cm³/mol. The van der Waals surface area contributed by atoms with Crippen LogP contribution in [0.2, 0.25) is 5.02 Å². The molecule has 0 aliphatic rings. The van der Waals surface area contributed by atoms with Crippen molar-refractivity contribution >= 4 is 28.5 Å². The summed E-state index contributed by atoms with van der Waals surface area (Å²) < 4.78 is 14.2. The molecular formula is C17H19ClFN5O. The van der Waals surface area contributed by atoms with Crippen LogP contribution in [0.1, 0.15) is 20.8 Å². The normalized spacial score (nSPS) is 13.2. The van der Waals surface area contributed by atoms with Crippen molar-refractivity contribution in [3.8, 4) is 11.4 Å². The smallest absolute Gasteiger partial charge is 0.183 e. The van der Waals surface area contributed by atoms with Crippen LogP contribution in [0.4, 0.5) is 10.2 Å². The molecule has 6 nitrogen and oxygen atoms in total. The van der Waals surface area contributed by atoms with Gasteiger partial charge >= 0.3 is 0 Å². The Hall–Kier alpha value is -2.25. The van der Waals surface area contributed by atoms with Gasteiger partial charge in [-0.1, -0.05) is 32.4 Å². The SMILES string of the molecule is CC(C)(C)C(CO)Nc1nc(-c2c[nH]c3ncc(Cl)cc23)ncc1F. The van der Waals surface area contributed by atoms with Gasteiger partial charge < -0.3 is 15.4 Å². The Balaban J connectivity index is 2.02. The van der Waals surface area contributed by atoms with Crippen molar-refractivity contribution < 1.29 is 9.50 Å². The fourth-order valence-electron chi connectivity index (χ4n) is 2.46. The lowest BCUT2D eigenvalue weighted by molar-refractivity contribution is 0.201. The molecule has 0 radical (unpaired) electrons. The molecule has 1 unspecified atom stereocenters. The average Bonchev–Trinajstić information content (AvgIpc) is 2.96. The predicted octanol–water partition coefficient (Wildman–Crippen LogP) is 3.63. The molecular weight excluding hydrogens is 345 g/mol. The third kappa shape index (κ3) is 3.57. The topological polar surface area (TPSA) is 86.7 Å². The maximum atomic E-state index is 14.2. The average molecular weight is 364 g/mol. The molecule has 132 valence electrons. The first-order chi connectivity index (χ1) is 11.8. The van der Waals surface area contributed by atoms with Crippen LogP contribution in [0.3, 0.4) is 0 Å². The van der Waals surface area contributed by atoms with Crippen molar-refractivity contribution in [2.24, 2.45) is 5.41 Å². The minimum atomic E-state index is -0.581. The summed E-state index contributed by atoms with van der Waals surface area (Å²) in [4.78, 5) is 15.6. The van der Waals surface area contributed by atoms with Crippen molar-refractivity contribution in [3.05, 3.63) is 35.5 Å². The van der Waals surface area contributed by atoms with Crippen molar-refractivity contribution in [1.82, 2.24) is 19.9 Å². The number of H-pyrrole nitrogens is 1. The summed E-state index contributed by atoms with van der Waals surface area (Å²) >= 11 is 6.01. The lowest BCUT2D eigenvalue weighted by Crippen LogP contribution is -2.37. The van der Waals surface area contributed by atoms with Gasteiger partial charge in [0.25, 0.3) is 0 Å². The number of anilines is 1. The fraction of sp³-hybridized carbons (Fsp3) is 0.353. The number of aromatic nitrogens is 4. The maximum Gasteiger partial charge on any atom is 0.183 e. The summed E-state index contributed by atoms with van der Waals surface area (Å²) in [6.45, 7) is 5.71. The highest BCUT2D eigenvalue weighted by atomic mass is 35.5. The van der Waals surface area contributed by atoms with E-state index in [-0.39, 0.29) is 23.9 Å². The van der Waals surface area contributed by atoms with Gasteiger partial charge in [0.05, 0.1) is 23.9 Å². The first-order valence-electron chi connectivity index (χ1n) is 7.82. The lowest BCUT2D eigenvalue weighted by atomic mass is 9.87. The summed E-state index contributed by atoms with van der Waals surface area (Å²) in [6, 6.07) is 1.39. The number of fused-ring (bicyclic) bond motifs is 1. The Bertz CT molecular complexity index is 906. The molecule has 0 saturated carbocycles. The number of nitrogens with one attached hydrogen (secondary N) is 2. The highest BCUT2D eigenvalue weighted by Crippen LogP contribution is 2.29. The Morgan fingerprint density at radius 2 is 2.08 bits per heavy atom. The molecule has 0 aliphatic carbocycles. The van der Waals surface area contributed by atoms with Crippen molar-refractivity contribution in [2.45, 2.75) is 26.8 Å². The van der Waals surface area contributed by atoms with E-state index in [1.54, 1.807) is 12.3 Å². The number of hydrogen-bond donors (Lipinski definition) is 3. The van der Waals surface area contributed by atoms with Gasteiger partial charge in [0.15, 0.2) is 17.5 Å². The zero-order chi connectivity index (χ0) is 18.2. The van der Waals surface area contributed by atoms with Gasteiger partial charge in [0.1, 0.15) is 5.65 Å². The Morgan fingerprint density at radius 1 is 1.32 bits per heavy atom. The molecule has 25 heavy (non-hydrogen) atoms. The molecule has 1 atom stereocenters. The Labute approximate surface area is 149 Å².